The fourth-order valence-electron chi connectivity index (χ4n) is 2.31. The Hall–Kier alpha value is -2.31. The van der Waals surface area contributed by atoms with Crippen molar-refractivity contribution < 1.29 is 4.74 Å². The molecular weight excluding hydrogens is 260 g/mol. The van der Waals surface area contributed by atoms with E-state index in [0.29, 0.717) is 11.3 Å². The summed E-state index contributed by atoms with van der Waals surface area (Å²) in [6.45, 7) is 3.77. The highest BCUT2D eigenvalue weighted by Crippen LogP contribution is 2.20. The molecule has 108 valence electrons. The van der Waals surface area contributed by atoms with Crippen LogP contribution in [0.1, 0.15) is 22.3 Å². The molecule has 0 bridgehead atoms. The lowest BCUT2D eigenvalue weighted by Crippen LogP contribution is -2.17. The molecule has 0 unspecified atom stereocenters. The summed E-state index contributed by atoms with van der Waals surface area (Å²) in [7, 11) is 3.66. The molecule has 2 rings (SSSR count). The molecule has 0 aromatic heterocycles. The van der Waals surface area contributed by atoms with Crippen LogP contribution < -0.4 is 4.74 Å². The first-order chi connectivity index (χ1) is 10.1. The lowest BCUT2D eigenvalue weighted by molar-refractivity contribution is 0.319. The largest absolute Gasteiger partial charge is 0.495 e. The molecule has 0 saturated heterocycles. The molecule has 2 aromatic rings. The van der Waals surface area contributed by atoms with Crippen molar-refractivity contribution in [3.63, 3.8) is 0 Å². The standard InChI is InChI=1S/C18H20N2O/c1-14-4-6-15(7-5-14)12-20(2)13-16-8-9-18(21-3)17(10-16)11-19/h4-10H,12-13H2,1-3H3. The van der Waals surface area contributed by atoms with E-state index >= 15 is 0 Å². The Bertz CT molecular complexity index is 641. The van der Waals surface area contributed by atoms with Gasteiger partial charge in [-0.05, 0) is 37.2 Å². The van der Waals surface area contributed by atoms with E-state index in [1.807, 2.05) is 18.2 Å². The highest BCUT2D eigenvalue weighted by atomic mass is 16.5. The summed E-state index contributed by atoms with van der Waals surface area (Å²) in [5.74, 6) is 0.627. The van der Waals surface area contributed by atoms with E-state index in [9.17, 15) is 0 Å². The van der Waals surface area contributed by atoms with E-state index in [1.54, 1.807) is 7.11 Å². The molecule has 0 spiro atoms. The minimum atomic E-state index is 0.582. The highest BCUT2D eigenvalue weighted by molar-refractivity contribution is 5.45. The highest BCUT2D eigenvalue weighted by Gasteiger charge is 2.06. The van der Waals surface area contributed by atoms with E-state index in [2.05, 4.69) is 49.2 Å². The number of hydrogen-bond acceptors (Lipinski definition) is 3. The molecule has 0 fully saturated rings. The zero-order valence-corrected chi connectivity index (χ0v) is 12.8. The average Bonchev–Trinajstić information content (AvgIpc) is 2.49. The van der Waals surface area contributed by atoms with Gasteiger partial charge in [0.25, 0.3) is 0 Å². The Kier molecular flexibility index (Phi) is 4.97. The van der Waals surface area contributed by atoms with Gasteiger partial charge < -0.3 is 4.74 Å². The summed E-state index contributed by atoms with van der Waals surface area (Å²) in [6, 6.07) is 16.5. The number of ether oxygens (including phenoxy) is 1. The second-order valence-corrected chi connectivity index (χ2v) is 5.30. The van der Waals surface area contributed by atoms with E-state index in [0.717, 1.165) is 18.7 Å². The number of methoxy groups -OCH3 is 1. The third kappa shape index (κ3) is 4.08. The summed E-state index contributed by atoms with van der Waals surface area (Å²) >= 11 is 0. The van der Waals surface area contributed by atoms with E-state index < -0.39 is 0 Å². The minimum Gasteiger partial charge on any atom is -0.495 e. The zero-order valence-electron chi connectivity index (χ0n) is 12.8. The quantitative estimate of drug-likeness (QED) is 0.841. The molecule has 0 aliphatic carbocycles. The van der Waals surface area contributed by atoms with Gasteiger partial charge in [-0.1, -0.05) is 35.9 Å². The molecule has 0 radical (unpaired) electrons. The van der Waals surface area contributed by atoms with Gasteiger partial charge in [0.1, 0.15) is 11.8 Å². The SMILES string of the molecule is COc1ccc(CN(C)Cc2ccc(C)cc2)cc1C#N. The smallest absolute Gasteiger partial charge is 0.136 e. The molecule has 3 nitrogen and oxygen atoms in total. The van der Waals surface area contributed by atoms with Crippen LogP contribution in [0.4, 0.5) is 0 Å². The summed E-state index contributed by atoms with van der Waals surface area (Å²) in [5, 5.41) is 9.13. The first kappa shape index (κ1) is 15.1. The van der Waals surface area contributed by atoms with Gasteiger partial charge in [0, 0.05) is 13.1 Å². The molecular formula is C18H20N2O. The second kappa shape index (κ2) is 6.92. The minimum absolute atomic E-state index is 0.582. The Morgan fingerprint density at radius 1 is 1.05 bits per heavy atom. The van der Waals surface area contributed by atoms with Crippen molar-refractivity contribution in [1.82, 2.24) is 4.90 Å². The topological polar surface area (TPSA) is 36.3 Å². The first-order valence-electron chi connectivity index (χ1n) is 6.93. The molecule has 0 aliphatic heterocycles. The van der Waals surface area contributed by atoms with Crippen LogP contribution in [0.5, 0.6) is 5.75 Å². The molecule has 0 aliphatic rings. The molecule has 0 saturated carbocycles. The summed E-state index contributed by atoms with van der Waals surface area (Å²) in [4.78, 5) is 2.23. The van der Waals surface area contributed by atoms with Crippen LogP contribution in [0.25, 0.3) is 0 Å². The van der Waals surface area contributed by atoms with Gasteiger partial charge >= 0.3 is 0 Å². The van der Waals surface area contributed by atoms with Crippen LogP contribution >= 0.6 is 0 Å². The molecule has 0 amide bonds. The Labute approximate surface area is 126 Å². The number of benzene rings is 2. The normalized spacial score (nSPS) is 10.4. The molecule has 0 heterocycles. The number of aryl methyl sites for hydroxylation is 1. The molecule has 0 N–H and O–H groups in total. The monoisotopic (exact) mass is 280 g/mol. The third-order valence-electron chi connectivity index (χ3n) is 3.41. The maximum atomic E-state index is 9.13. The van der Waals surface area contributed by atoms with E-state index in [-0.39, 0.29) is 0 Å². The average molecular weight is 280 g/mol. The number of nitrogens with zero attached hydrogens (tertiary/aromatic N) is 2. The maximum absolute atomic E-state index is 9.13. The van der Waals surface area contributed by atoms with Gasteiger partial charge in [0.05, 0.1) is 12.7 Å². The van der Waals surface area contributed by atoms with Gasteiger partial charge in [-0.3, -0.25) is 4.90 Å². The van der Waals surface area contributed by atoms with Crippen molar-refractivity contribution in [2.45, 2.75) is 20.0 Å². The summed E-state index contributed by atoms with van der Waals surface area (Å²) < 4.78 is 5.17. The lowest BCUT2D eigenvalue weighted by Gasteiger charge is -2.17. The molecule has 0 atom stereocenters. The lowest BCUT2D eigenvalue weighted by atomic mass is 10.1. The van der Waals surface area contributed by atoms with Crippen molar-refractivity contribution in [2.24, 2.45) is 0 Å². The van der Waals surface area contributed by atoms with Crippen molar-refractivity contribution in [3.8, 4) is 11.8 Å². The second-order valence-electron chi connectivity index (χ2n) is 5.30. The van der Waals surface area contributed by atoms with Crippen LogP contribution in [0.3, 0.4) is 0 Å². The van der Waals surface area contributed by atoms with Crippen molar-refractivity contribution in [1.29, 1.82) is 5.26 Å². The molecule has 21 heavy (non-hydrogen) atoms. The fraction of sp³-hybridized carbons (Fsp3) is 0.278. The Balaban J connectivity index is 2.04. The van der Waals surface area contributed by atoms with Crippen molar-refractivity contribution in [2.75, 3.05) is 14.2 Å². The number of hydrogen-bond donors (Lipinski definition) is 0. The fourth-order valence-corrected chi connectivity index (χ4v) is 2.31. The van der Waals surface area contributed by atoms with Crippen LogP contribution in [-0.4, -0.2) is 19.1 Å². The number of nitriles is 1. The van der Waals surface area contributed by atoms with Crippen molar-refractivity contribution >= 4 is 0 Å². The van der Waals surface area contributed by atoms with Gasteiger partial charge in [-0.15, -0.1) is 0 Å². The summed E-state index contributed by atoms with van der Waals surface area (Å²) in [5.41, 5.74) is 4.26. The molecule has 3 heteroatoms. The van der Waals surface area contributed by atoms with E-state index in [1.165, 1.54) is 11.1 Å². The molecule has 2 aromatic carbocycles. The van der Waals surface area contributed by atoms with Gasteiger partial charge in [-0.2, -0.15) is 5.26 Å². The first-order valence-corrected chi connectivity index (χ1v) is 6.93. The van der Waals surface area contributed by atoms with Crippen LogP contribution in [0, 0.1) is 18.3 Å². The van der Waals surface area contributed by atoms with Gasteiger partial charge in [0.15, 0.2) is 0 Å². The predicted molar refractivity (Wildman–Crippen MR) is 84.1 cm³/mol. The maximum Gasteiger partial charge on any atom is 0.136 e. The van der Waals surface area contributed by atoms with Gasteiger partial charge in [0.2, 0.25) is 0 Å². The van der Waals surface area contributed by atoms with E-state index in [4.69, 9.17) is 10.00 Å². The van der Waals surface area contributed by atoms with Crippen molar-refractivity contribution in [3.05, 3.63) is 64.7 Å². The van der Waals surface area contributed by atoms with Crippen LogP contribution in [-0.2, 0) is 13.1 Å². The van der Waals surface area contributed by atoms with Crippen LogP contribution in [0.2, 0.25) is 0 Å². The third-order valence-corrected chi connectivity index (χ3v) is 3.41. The predicted octanol–water partition coefficient (Wildman–Crippen LogP) is 3.51. The Morgan fingerprint density at radius 3 is 2.29 bits per heavy atom. The number of rotatable bonds is 5. The zero-order chi connectivity index (χ0) is 15.2. The summed E-state index contributed by atoms with van der Waals surface area (Å²) in [6.07, 6.45) is 0. The Morgan fingerprint density at radius 2 is 1.67 bits per heavy atom. The van der Waals surface area contributed by atoms with Crippen LogP contribution in [0.15, 0.2) is 42.5 Å². The van der Waals surface area contributed by atoms with Gasteiger partial charge in [-0.25, -0.2) is 0 Å².